The van der Waals surface area contributed by atoms with Crippen LogP contribution in [0.4, 0.5) is 10.1 Å². The number of nitrogens with zero attached hydrogens (tertiary/aromatic N) is 1. The number of aromatic carboxylic acids is 1. The van der Waals surface area contributed by atoms with Crippen LogP contribution in [0.2, 0.25) is 0 Å². The molecule has 2 aliphatic rings. The van der Waals surface area contributed by atoms with E-state index in [2.05, 4.69) is 4.90 Å². The quantitative estimate of drug-likeness (QED) is 0.890. The molecule has 0 radical (unpaired) electrons. The van der Waals surface area contributed by atoms with Crippen molar-refractivity contribution in [3.05, 3.63) is 29.6 Å². The highest BCUT2D eigenvalue weighted by Gasteiger charge is 2.44. The molecule has 1 N–H and O–H groups in total. The van der Waals surface area contributed by atoms with Gasteiger partial charge in [-0.25, -0.2) is 9.18 Å². The fourth-order valence-electron chi connectivity index (χ4n) is 3.51. The molecule has 3 rings (SSSR count). The number of carboxylic acid groups (broad SMARTS) is 1. The summed E-state index contributed by atoms with van der Waals surface area (Å²) in [5, 5.41) is 9.17. The van der Waals surface area contributed by atoms with Crippen LogP contribution in [-0.2, 0) is 0 Å². The first-order valence-corrected chi connectivity index (χ1v) is 6.88. The van der Waals surface area contributed by atoms with Crippen LogP contribution in [0.15, 0.2) is 18.2 Å². The van der Waals surface area contributed by atoms with Crippen molar-refractivity contribution < 1.29 is 14.3 Å². The van der Waals surface area contributed by atoms with Gasteiger partial charge in [0, 0.05) is 18.5 Å². The second-order valence-electron chi connectivity index (χ2n) is 5.88. The smallest absolute Gasteiger partial charge is 0.337 e. The molecule has 1 aromatic rings. The van der Waals surface area contributed by atoms with Crippen LogP contribution in [0.25, 0.3) is 0 Å². The van der Waals surface area contributed by atoms with Crippen molar-refractivity contribution in [2.45, 2.75) is 32.1 Å². The topological polar surface area (TPSA) is 40.5 Å². The molecule has 1 saturated heterocycles. The number of halogens is 1. The summed E-state index contributed by atoms with van der Waals surface area (Å²) in [4.78, 5) is 13.3. The predicted molar refractivity (Wildman–Crippen MR) is 71.1 cm³/mol. The monoisotopic (exact) mass is 263 g/mol. The summed E-state index contributed by atoms with van der Waals surface area (Å²) in [6, 6.07) is 4.05. The van der Waals surface area contributed by atoms with Gasteiger partial charge in [0.1, 0.15) is 5.82 Å². The largest absolute Gasteiger partial charge is 0.478 e. The minimum Gasteiger partial charge on any atom is -0.478 e. The van der Waals surface area contributed by atoms with Crippen molar-refractivity contribution in [2.75, 3.05) is 18.0 Å². The molecule has 1 aromatic carbocycles. The fourth-order valence-corrected chi connectivity index (χ4v) is 3.51. The van der Waals surface area contributed by atoms with E-state index < -0.39 is 11.8 Å². The molecule has 1 saturated carbocycles. The summed E-state index contributed by atoms with van der Waals surface area (Å²) < 4.78 is 13.2. The van der Waals surface area contributed by atoms with Crippen LogP contribution >= 0.6 is 0 Å². The molecule has 2 fully saturated rings. The molecule has 1 aliphatic heterocycles. The van der Waals surface area contributed by atoms with Crippen LogP contribution in [0, 0.1) is 11.2 Å². The van der Waals surface area contributed by atoms with Gasteiger partial charge in [-0.1, -0.05) is 19.3 Å². The van der Waals surface area contributed by atoms with Gasteiger partial charge in [-0.15, -0.1) is 0 Å². The van der Waals surface area contributed by atoms with Crippen LogP contribution in [0.5, 0.6) is 0 Å². The predicted octanol–water partition coefficient (Wildman–Crippen LogP) is 3.29. The van der Waals surface area contributed by atoms with Gasteiger partial charge >= 0.3 is 5.97 Å². The molecule has 1 spiro atoms. The van der Waals surface area contributed by atoms with Crippen molar-refractivity contribution in [1.82, 2.24) is 0 Å². The molecule has 0 bridgehead atoms. The Morgan fingerprint density at radius 1 is 1.21 bits per heavy atom. The minimum atomic E-state index is -1.06. The van der Waals surface area contributed by atoms with Gasteiger partial charge in [-0.05, 0) is 31.0 Å². The standard InChI is InChI=1S/C15H18FNO2/c16-11-4-5-13(12(8-11)14(18)19)17-9-15(10-17)6-2-1-3-7-15/h4-5,8H,1-3,6-7,9-10H2,(H,18,19). The number of rotatable bonds is 2. The van der Waals surface area contributed by atoms with Crippen molar-refractivity contribution in [3.63, 3.8) is 0 Å². The molecule has 1 aliphatic carbocycles. The maximum atomic E-state index is 13.2. The van der Waals surface area contributed by atoms with Crippen molar-refractivity contribution >= 4 is 11.7 Å². The van der Waals surface area contributed by atoms with E-state index in [1.807, 2.05) is 0 Å². The average molecular weight is 263 g/mol. The van der Waals surface area contributed by atoms with Crippen molar-refractivity contribution in [3.8, 4) is 0 Å². The maximum Gasteiger partial charge on any atom is 0.337 e. The third kappa shape index (κ3) is 2.20. The lowest BCUT2D eigenvalue weighted by Gasteiger charge is -2.53. The third-order valence-electron chi connectivity index (χ3n) is 4.50. The normalized spacial score (nSPS) is 21.2. The Balaban J connectivity index is 1.79. The number of hydrogen-bond acceptors (Lipinski definition) is 2. The first-order chi connectivity index (χ1) is 9.10. The van der Waals surface area contributed by atoms with Gasteiger partial charge in [0.15, 0.2) is 0 Å². The van der Waals surface area contributed by atoms with Gasteiger partial charge in [0.05, 0.1) is 11.3 Å². The number of benzene rings is 1. The molecule has 0 amide bonds. The Bertz CT molecular complexity index is 501. The second-order valence-corrected chi connectivity index (χ2v) is 5.88. The lowest BCUT2D eigenvalue weighted by Crippen LogP contribution is -2.57. The van der Waals surface area contributed by atoms with Crippen LogP contribution in [-0.4, -0.2) is 24.2 Å². The van der Waals surface area contributed by atoms with E-state index in [1.54, 1.807) is 6.07 Å². The molecule has 1 heterocycles. The zero-order chi connectivity index (χ0) is 13.5. The average Bonchev–Trinajstić information content (AvgIpc) is 2.37. The van der Waals surface area contributed by atoms with E-state index in [4.69, 9.17) is 5.11 Å². The highest BCUT2D eigenvalue weighted by atomic mass is 19.1. The van der Waals surface area contributed by atoms with Gasteiger partial charge in [0.25, 0.3) is 0 Å². The minimum absolute atomic E-state index is 0.0747. The zero-order valence-corrected chi connectivity index (χ0v) is 10.9. The molecule has 0 unspecified atom stereocenters. The molecular weight excluding hydrogens is 245 g/mol. The first kappa shape index (κ1) is 12.5. The van der Waals surface area contributed by atoms with Gasteiger partial charge in [-0.2, -0.15) is 0 Å². The maximum absolute atomic E-state index is 13.2. The molecule has 0 atom stereocenters. The Morgan fingerprint density at radius 2 is 1.89 bits per heavy atom. The SMILES string of the molecule is O=C(O)c1cc(F)ccc1N1CC2(CCCCC2)C1. The third-order valence-corrected chi connectivity index (χ3v) is 4.50. The van der Waals surface area contributed by atoms with E-state index in [-0.39, 0.29) is 5.56 Å². The Morgan fingerprint density at radius 3 is 2.53 bits per heavy atom. The lowest BCUT2D eigenvalue weighted by molar-refractivity contribution is 0.0695. The summed E-state index contributed by atoms with van der Waals surface area (Å²) in [5.41, 5.74) is 1.12. The number of anilines is 1. The van der Waals surface area contributed by atoms with E-state index in [0.29, 0.717) is 11.1 Å². The second kappa shape index (κ2) is 4.51. The summed E-state index contributed by atoms with van der Waals surface area (Å²) in [5.74, 6) is -1.55. The Hall–Kier alpha value is -1.58. The highest BCUT2D eigenvalue weighted by molar-refractivity contribution is 5.94. The molecule has 4 heteroatoms. The van der Waals surface area contributed by atoms with Crippen molar-refractivity contribution in [2.24, 2.45) is 5.41 Å². The van der Waals surface area contributed by atoms with Crippen LogP contribution in [0.1, 0.15) is 42.5 Å². The van der Waals surface area contributed by atoms with Crippen molar-refractivity contribution in [1.29, 1.82) is 0 Å². The van der Waals surface area contributed by atoms with Crippen LogP contribution in [0.3, 0.4) is 0 Å². The Labute approximate surface area is 112 Å². The number of carbonyl (C=O) groups is 1. The molecule has 19 heavy (non-hydrogen) atoms. The highest BCUT2D eigenvalue weighted by Crippen LogP contribution is 2.46. The fraction of sp³-hybridized carbons (Fsp3) is 0.533. The summed E-state index contributed by atoms with van der Waals surface area (Å²) >= 11 is 0. The first-order valence-electron chi connectivity index (χ1n) is 6.88. The number of hydrogen-bond donors (Lipinski definition) is 1. The zero-order valence-electron chi connectivity index (χ0n) is 10.9. The Kier molecular flexibility index (Phi) is 2.96. The summed E-state index contributed by atoms with van der Waals surface area (Å²) in [6.07, 6.45) is 6.37. The molecule has 102 valence electrons. The molecular formula is C15H18FNO2. The van der Waals surface area contributed by atoms with E-state index in [0.717, 1.165) is 19.2 Å². The van der Waals surface area contributed by atoms with E-state index in [9.17, 15) is 9.18 Å². The van der Waals surface area contributed by atoms with Gasteiger partial charge < -0.3 is 10.0 Å². The molecule has 3 nitrogen and oxygen atoms in total. The summed E-state index contributed by atoms with van der Waals surface area (Å²) in [7, 11) is 0. The van der Waals surface area contributed by atoms with Gasteiger partial charge in [0.2, 0.25) is 0 Å². The van der Waals surface area contributed by atoms with E-state index >= 15 is 0 Å². The summed E-state index contributed by atoms with van der Waals surface area (Å²) in [6.45, 7) is 1.83. The van der Waals surface area contributed by atoms with Crippen LogP contribution < -0.4 is 4.90 Å². The number of carboxylic acids is 1. The van der Waals surface area contributed by atoms with Gasteiger partial charge in [-0.3, -0.25) is 0 Å². The van der Waals surface area contributed by atoms with E-state index in [1.165, 1.54) is 38.2 Å². The lowest BCUT2D eigenvalue weighted by atomic mass is 9.68. The molecule has 0 aromatic heterocycles.